The molecule has 0 spiro atoms. The first kappa shape index (κ1) is 25.0. The molecule has 0 aromatic rings. The molecule has 168 valence electrons. The Morgan fingerprint density at radius 3 is 1.80 bits per heavy atom. The van der Waals surface area contributed by atoms with E-state index in [1.165, 1.54) is 0 Å². The summed E-state index contributed by atoms with van der Waals surface area (Å²) in [6, 6.07) is 0. The average molecular weight is 437 g/mol. The van der Waals surface area contributed by atoms with Gasteiger partial charge in [-0.2, -0.15) is 0 Å². The Labute approximate surface area is 167 Å². The molecule has 4 N–H and O–H groups in total. The molecule has 1 saturated heterocycles. The van der Waals surface area contributed by atoms with Crippen LogP contribution in [-0.2, 0) is 42.9 Å². The Hall–Kier alpha value is -3.01. The Balaban J connectivity index is 3.88. The summed E-state index contributed by atoms with van der Waals surface area (Å²) < 4.78 is 22.9. The van der Waals surface area contributed by atoms with E-state index in [4.69, 9.17) is 10.3 Å². The number of ether oxygens (including phenoxy) is 5. The lowest BCUT2D eigenvalue weighted by molar-refractivity contribution is -0.518. The van der Waals surface area contributed by atoms with Gasteiger partial charge < -0.3 is 44.1 Å². The molecule has 0 bridgehead atoms. The minimum Gasteiger partial charge on any atom is -0.433 e. The summed E-state index contributed by atoms with van der Waals surface area (Å²) in [6.07, 6.45) is -7.67. The highest BCUT2D eigenvalue weighted by Crippen LogP contribution is 2.48. The molecule has 1 heterocycles. The lowest BCUT2D eigenvalue weighted by Crippen LogP contribution is -2.84. The molecule has 0 radical (unpaired) electrons. The van der Waals surface area contributed by atoms with Crippen LogP contribution in [0.15, 0.2) is 5.11 Å². The Kier molecular flexibility index (Phi) is 7.33. The Morgan fingerprint density at radius 1 is 0.933 bits per heavy atom. The monoisotopic (exact) mass is 437 g/mol. The molecule has 0 saturated carbocycles. The maximum Gasteiger partial charge on any atom is 0.349 e. The number of carbonyl (C=O) groups is 4. The van der Waals surface area contributed by atoms with Gasteiger partial charge in [0.2, 0.25) is 12.5 Å². The van der Waals surface area contributed by atoms with Crippen LogP contribution in [0, 0.1) is 0 Å². The van der Waals surface area contributed by atoms with Gasteiger partial charge in [-0.3, -0.25) is 19.2 Å². The number of hydrogen-bond donors (Lipinski definition) is 4. The molecule has 30 heavy (non-hydrogen) atoms. The van der Waals surface area contributed by atoms with Crippen LogP contribution in [0.2, 0.25) is 0 Å². The third-order valence-electron chi connectivity index (χ3n) is 3.56. The number of hydrogen-bond acceptors (Lipinski definition) is 14. The van der Waals surface area contributed by atoms with Crippen LogP contribution >= 0.6 is 0 Å². The molecular weight excluding hydrogens is 418 g/mol. The fourth-order valence-corrected chi connectivity index (χ4v) is 2.62. The van der Waals surface area contributed by atoms with Crippen molar-refractivity contribution in [2.45, 2.75) is 63.7 Å². The van der Waals surface area contributed by atoms with Crippen molar-refractivity contribution in [3.05, 3.63) is 10.4 Å². The molecule has 16 heteroatoms. The van der Waals surface area contributed by atoms with E-state index >= 15 is 0 Å². The predicted octanol–water partition coefficient (Wildman–Crippen LogP) is -2.34. The van der Waals surface area contributed by atoms with E-state index in [9.17, 15) is 39.6 Å². The minimum atomic E-state index is -3.98. The molecule has 0 amide bonds. The van der Waals surface area contributed by atoms with Crippen molar-refractivity contribution in [1.82, 2.24) is 0 Å². The molecule has 0 aliphatic carbocycles. The van der Waals surface area contributed by atoms with Crippen molar-refractivity contribution in [2.75, 3.05) is 0 Å². The van der Waals surface area contributed by atoms with Crippen molar-refractivity contribution >= 4 is 23.9 Å². The van der Waals surface area contributed by atoms with Crippen LogP contribution in [-0.4, -0.2) is 80.3 Å². The summed E-state index contributed by atoms with van der Waals surface area (Å²) in [5, 5.41) is 45.8. The highest BCUT2D eigenvalue weighted by Gasteiger charge is 2.81. The molecular formula is C14H19N3O13. The second-order valence-corrected chi connectivity index (χ2v) is 5.93. The fourth-order valence-electron chi connectivity index (χ4n) is 2.62. The first-order valence-corrected chi connectivity index (χ1v) is 7.95. The molecule has 1 rings (SSSR count). The maximum atomic E-state index is 11.6. The third kappa shape index (κ3) is 4.43. The van der Waals surface area contributed by atoms with Crippen LogP contribution < -0.4 is 0 Å². The molecule has 0 aromatic heterocycles. The van der Waals surface area contributed by atoms with Crippen molar-refractivity contribution in [3.8, 4) is 0 Å². The van der Waals surface area contributed by atoms with Crippen molar-refractivity contribution < 1.29 is 63.3 Å². The number of rotatable bonds is 6. The van der Waals surface area contributed by atoms with Crippen LogP contribution in [0.3, 0.4) is 0 Å². The number of azide groups is 1. The van der Waals surface area contributed by atoms with Gasteiger partial charge in [0.1, 0.15) is 0 Å². The fraction of sp³-hybridized carbons (Fsp3) is 0.714. The average Bonchev–Trinajstić information content (AvgIpc) is 2.54. The van der Waals surface area contributed by atoms with Crippen molar-refractivity contribution in [2.24, 2.45) is 5.11 Å². The zero-order chi connectivity index (χ0) is 23.5. The molecule has 16 nitrogen and oxygen atoms in total. The van der Waals surface area contributed by atoms with Crippen LogP contribution in [0.25, 0.3) is 10.4 Å². The molecule has 6 atom stereocenters. The van der Waals surface area contributed by atoms with E-state index in [-0.39, 0.29) is 0 Å². The quantitative estimate of drug-likeness (QED) is 0.0850. The SMILES string of the molecule is CC(=O)OC(O)[C@H]1O[C@@H](N=[N+]=[N-])[C@@](O)(OC(C)=O)[C@](O)(OC(C)=O)[C@]1(O)OC(C)=O. The van der Waals surface area contributed by atoms with E-state index in [2.05, 4.69) is 29.0 Å². The molecule has 1 aliphatic rings. The van der Waals surface area contributed by atoms with Crippen molar-refractivity contribution in [3.63, 3.8) is 0 Å². The lowest BCUT2D eigenvalue weighted by Gasteiger charge is -2.55. The third-order valence-corrected chi connectivity index (χ3v) is 3.56. The van der Waals surface area contributed by atoms with Crippen LogP contribution in [0.5, 0.6) is 0 Å². The summed E-state index contributed by atoms with van der Waals surface area (Å²) in [6.45, 7) is 2.86. The van der Waals surface area contributed by atoms with Crippen LogP contribution in [0.4, 0.5) is 0 Å². The largest absolute Gasteiger partial charge is 0.433 e. The van der Waals surface area contributed by atoms with E-state index in [0.717, 1.165) is 6.92 Å². The second-order valence-electron chi connectivity index (χ2n) is 5.93. The molecule has 1 fully saturated rings. The van der Waals surface area contributed by atoms with Gasteiger partial charge in [0.05, 0.1) is 0 Å². The first-order valence-electron chi connectivity index (χ1n) is 7.95. The van der Waals surface area contributed by atoms with Crippen molar-refractivity contribution in [1.29, 1.82) is 0 Å². The number of carbonyl (C=O) groups excluding carboxylic acids is 4. The Bertz CT molecular complexity index is 783. The van der Waals surface area contributed by atoms with E-state index in [0.29, 0.717) is 20.8 Å². The van der Waals surface area contributed by atoms with Gasteiger partial charge in [-0.15, -0.1) is 0 Å². The number of aliphatic hydroxyl groups is 4. The van der Waals surface area contributed by atoms with Crippen LogP contribution in [0.1, 0.15) is 27.7 Å². The smallest absolute Gasteiger partial charge is 0.349 e. The Morgan fingerprint density at radius 2 is 1.40 bits per heavy atom. The van der Waals surface area contributed by atoms with Gasteiger partial charge in [-0.1, -0.05) is 5.11 Å². The minimum absolute atomic E-state index is 0.663. The van der Waals surface area contributed by atoms with E-state index < -0.39 is 59.9 Å². The summed E-state index contributed by atoms with van der Waals surface area (Å²) >= 11 is 0. The second kappa shape index (κ2) is 8.78. The summed E-state index contributed by atoms with van der Waals surface area (Å²) in [5.41, 5.74) is 8.72. The number of aliphatic hydroxyl groups excluding tert-OH is 1. The highest BCUT2D eigenvalue weighted by molar-refractivity contribution is 5.69. The zero-order valence-corrected chi connectivity index (χ0v) is 16.0. The summed E-state index contributed by atoms with van der Waals surface area (Å²) in [7, 11) is 0. The van der Waals surface area contributed by atoms with Gasteiger partial charge in [-0.05, 0) is 5.53 Å². The van der Waals surface area contributed by atoms with Gasteiger partial charge in [-0.25, -0.2) is 0 Å². The summed E-state index contributed by atoms with van der Waals surface area (Å²) in [4.78, 5) is 48.1. The summed E-state index contributed by atoms with van der Waals surface area (Å²) in [5.74, 6) is -16.9. The van der Waals surface area contributed by atoms with E-state index in [1.807, 2.05) is 0 Å². The zero-order valence-electron chi connectivity index (χ0n) is 16.0. The predicted molar refractivity (Wildman–Crippen MR) is 85.7 cm³/mol. The topological polar surface area (TPSA) is 244 Å². The number of esters is 4. The maximum absolute atomic E-state index is 11.6. The van der Waals surface area contributed by atoms with Gasteiger partial charge in [0, 0.05) is 32.6 Å². The standard InChI is InChI=1S/C14H19N3O13/c1-5(18)26-10(22)9-12(23,28-6(2)19)14(25,30-8(4)21)13(24,29-7(3)20)11(27-9)16-17-15/h9-11,22-25H,1-4H3/t9-,10?,11-,12-,13-,14-/m1/s1. The lowest BCUT2D eigenvalue weighted by atomic mass is 9.86. The normalized spacial score (nSPS) is 34.0. The van der Waals surface area contributed by atoms with Gasteiger partial charge in [0.25, 0.3) is 0 Å². The highest BCUT2D eigenvalue weighted by atomic mass is 16.8. The van der Waals surface area contributed by atoms with Gasteiger partial charge in [0.15, 0.2) is 6.10 Å². The molecule has 1 aliphatic heterocycles. The number of nitrogens with zero attached hydrogens (tertiary/aromatic N) is 3. The molecule has 1 unspecified atom stereocenters. The van der Waals surface area contributed by atoms with E-state index in [1.54, 1.807) is 0 Å². The van der Waals surface area contributed by atoms with Gasteiger partial charge >= 0.3 is 41.2 Å². The molecule has 0 aromatic carbocycles. The first-order chi connectivity index (χ1) is 13.6.